The van der Waals surface area contributed by atoms with Gasteiger partial charge in [-0.15, -0.1) is 0 Å². The smallest absolute Gasteiger partial charge is 0.264 e. The van der Waals surface area contributed by atoms with Crippen LogP contribution in [0.4, 0.5) is 5.69 Å². The molecule has 1 unspecified atom stereocenters. The van der Waals surface area contributed by atoms with Gasteiger partial charge in [-0.25, -0.2) is 0 Å². The Labute approximate surface area is 122 Å². The second-order valence-corrected chi connectivity index (χ2v) is 4.83. The molecule has 2 aromatic rings. The summed E-state index contributed by atoms with van der Waals surface area (Å²) < 4.78 is 11.2. The van der Waals surface area contributed by atoms with E-state index in [-0.39, 0.29) is 12.5 Å². The maximum atomic E-state index is 12.1. The Kier molecular flexibility index (Phi) is 3.64. The second kappa shape index (κ2) is 5.75. The molecule has 0 radical (unpaired) electrons. The number of nitrogens with one attached hydrogen (secondary N) is 1. The monoisotopic (exact) mass is 284 g/mol. The van der Waals surface area contributed by atoms with Gasteiger partial charge in [0.2, 0.25) is 6.10 Å². The van der Waals surface area contributed by atoms with Crippen LogP contribution >= 0.6 is 0 Å². The second-order valence-electron chi connectivity index (χ2n) is 4.83. The summed E-state index contributed by atoms with van der Waals surface area (Å²) >= 11 is 0. The summed E-state index contributed by atoms with van der Waals surface area (Å²) in [7, 11) is 0. The average Bonchev–Trinajstić information content (AvgIpc) is 2.52. The number of anilines is 1. The zero-order valence-corrected chi connectivity index (χ0v) is 11.4. The third-order valence-corrected chi connectivity index (χ3v) is 3.22. The number of hydrogen-bond acceptors (Lipinski definition) is 4. The third-order valence-electron chi connectivity index (χ3n) is 3.22. The van der Waals surface area contributed by atoms with E-state index in [0.717, 1.165) is 5.56 Å². The van der Waals surface area contributed by atoms with E-state index in [4.69, 9.17) is 15.2 Å². The van der Waals surface area contributed by atoms with Crippen LogP contribution in [-0.2, 0) is 11.3 Å². The first kappa shape index (κ1) is 13.3. The van der Waals surface area contributed by atoms with Crippen molar-refractivity contribution < 1.29 is 14.3 Å². The van der Waals surface area contributed by atoms with Crippen LogP contribution in [0, 0.1) is 0 Å². The van der Waals surface area contributed by atoms with Crippen molar-refractivity contribution in [3.63, 3.8) is 0 Å². The van der Waals surface area contributed by atoms with Crippen LogP contribution in [0.25, 0.3) is 0 Å². The number of amides is 1. The first-order chi connectivity index (χ1) is 10.2. The van der Waals surface area contributed by atoms with Gasteiger partial charge >= 0.3 is 0 Å². The van der Waals surface area contributed by atoms with Crippen molar-refractivity contribution in [1.82, 2.24) is 5.32 Å². The Bertz CT molecular complexity index is 657. The molecule has 1 atom stereocenters. The van der Waals surface area contributed by atoms with Gasteiger partial charge in [-0.3, -0.25) is 4.79 Å². The van der Waals surface area contributed by atoms with Crippen LogP contribution in [0.5, 0.6) is 11.5 Å². The minimum Gasteiger partial charge on any atom is -0.485 e. The fraction of sp³-hybridized carbons (Fsp3) is 0.188. The number of nitrogen functional groups attached to an aromatic ring is 1. The van der Waals surface area contributed by atoms with Gasteiger partial charge in [-0.2, -0.15) is 0 Å². The molecule has 0 bridgehead atoms. The number of para-hydroxylation sites is 2. The van der Waals surface area contributed by atoms with Crippen molar-refractivity contribution >= 4 is 11.6 Å². The minimum atomic E-state index is -0.638. The molecular formula is C16H16N2O3. The van der Waals surface area contributed by atoms with Crippen LogP contribution in [0.15, 0.2) is 48.5 Å². The van der Waals surface area contributed by atoms with Gasteiger partial charge in [0, 0.05) is 12.2 Å². The van der Waals surface area contributed by atoms with E-state index in [1.807, 2.05) is 36.4 Å². The summed E-state index contributed by atoms with van der Waals surface area (Å²) in [5.74, 6) is 1.05. The van der Waals surface area contributed by atoms with Crippen LogP contribution in [-0.4, -0.2) is 18.6 Å². The summed E-state index contributed by atoms with van der Waals surface area (Å²) in [6, 6.07) is 14.7. The topological polar surface area (TPSA) is 73.6 Å². The molecule has 0 spiro atoms. The number of hydrogen-bond donors (Lipinski definition) is 2. The van der Waals surface area contributed by atoms with Gasteiger partial charge in [-0.1, -0.05) is 24.3 Å². The Morgan fingerprint density at radius 3 is 2.81 bits per heavy atom. The molecule has 1 aliphatic heterocycles. The molecule has 108 valence electrons. The fourth-order valence-corrected chi connectivity index (χ4v) is 2.15. The lowest BCUT2D eigenvalue weighted by atomic mass is 10.2. The zero-order chi connectivity index (χ0) is 14.7. The highest BCUT2D eigenvalue weighted by atomic mass is 16.6. The molecule has 0 fully saturated rings. The number of fused-ring (bicyclic) bond motifs is 1. The van der Waals surface area contributed by atoms with E-state index in [0.29, 0.717) is 23.7 Å². The highest BCUT2D eigenvalue weighted by Crippen LogP contribution is 2.30. The number of nitrogens with two attached hydrogens (primary N) is 1. The number of carbonyl (C=O) groups excluding carboxylic acids is 1. The lowest BCUT2D eigenvalue weighted by Gasteiger charge is -2.25. The molecule has 0 saturated heterocycles. The average molecular weight is 284 g/mol. The van der Waals surface area contributed by atoms with Crippen LogP contribution in [0.1, 0.15) is 5.56 Å². The van der Waals surface area contributed by atoms with E-state index >= 15 is 0 Å². The van der Waals surface area contributed by atoms with Crippen molar-refractivity contribution in [2.45, 2.75) is 12.6 Å². The summed E-state index contributed by atoms with van der Waals surface area (Å²) in [6.07, 6.45) is -0.638. The van der Waals surface area contributed by atoms with Crippen LogP contribution < -0.4 is 20.5 Å². The number of benzene rings is 2. The maximum Gasteiger partial charge on any atom is 0.264 e. The molecule has 0 aromatic heterocycles. The van der Waals surface area contributed by atoms with Gasteiger partial charge in [0.05, 0.1) is 0 Å². The summed E-state index contributed by atoms with van der Waals surface area (Å²) in [5, 5.41) is 2.83. The zero-order valence-electron chi connectivity index (χ0n) is 11.4. The summed E-state index contributed by atoms with van der Waals surface area (Å²) in [4.78, 5) is 12.1. The van der Waals surface area contributed by atoms with Crippen molar-refractivity contribution in [2.75, 3.05) is 12.3 Å². The van der Waals surface area contributed by atoms with Gasteiger partial charge in [0.15, 0.2) is 11.5 Å². The van der Waals surface area contributed by atoms with Crippen molar-refractivity contribution in [3.05, 3.63) is 54.1 Å². The van der Waals surface area contributed by atoms with Gasteiger partial charge in [-0.05, 0) is 29.8 Å². The number of carbonyl (C=O) groups is 1. The molecule has 1 amide bonds. The lowest BCUT2D eigenvalue weighted by molar-refractivity contribution is -0.130. The van der Waals surface area contributed by atoms with Gasteiger partial charge < -0.3 is 20.5 Å². The molecule has 1 heterocycles. The molecule has 0 saturated carbocycles. The molecule has 3 rings (SSSR count). The van der Waals surface area contributed by atoms with E-state index < -0.39 is 6.10 Å². The molecule has 0 aliphatic carbocycles. The summed E-state index contributed by atoms with van der Waals surface area (Å²) in [5.41, 5.74) is 7.32. The van der Waals surface area contributed by atoms with Crippen molar-refractivity contribution in [2.24, 2.45) is 0 Å². The van der Waals surface area contributed by atoms with Gasteiger partial charge in [0.25, 0.3) is 5.91 Å². The normalized spacial score (nSPS) is 16.3. The summed E-state index contributed by atoms with van der Waals surface area (Å²) in [6.45, 7) is 0.616. The molecule has 1 aliphatic rings. The van der Waals surface area contributed by atoms with Crippen LogP contribution in [0.3, 0.4) is 0 Å². The van der Waals surface area contributed by atoms with E-state index in [1.165, 1.54) is 0 Å². The predicted molar refractivity (Wildman–Crippen MR) is 79.1 cm³/mol. The molecule has 3 N–H and O–H groups in total. The molecule has 21 heavy (non-hydrogen) atoms. The highest BCUT2D eigenvalue weighted by molar-refractivity contribution is 5.81. The standard InChI is InChI=1S/C16H16N2O3/c17-12-5-3-4-11(8-12)9-18-16(19)15-10-20-13-6-1-2-7-14(13)21-15/h1-8,15H,9-10,17H2,(H,18,19). The van der Waals surface area contributed by atoms with E-state index in [9.17, 15) is 4.79 Å². The van der Waals surface area contributed by atoms with Crippen molar-refractivity contribution in [1.29, 1.82) is 0 Å². The minimum absolute atomic E-state index is 0.202. The Balaban J connectivity index is 1.59. The Morgan fingerprint density at radius 2 is 2.00 bits per heavy atom. The molecular weight excluding hydrogens is 268 g/mol. The van der Waals surface area contributed by atoms with Crippen molar-refractivity contribution in [3.8, 4) is 11.5 Å². The largest absolute Gasteiger partial charge is 0.485 e. The van der Waals surface area contributed by atoms with Gasteiger partial charge in [0.1, 0.15) is 6.61 Å². The number of ether oxygens (including phenoxy) is 2. The molecule has 2 aromatic carbocycles. The lowest BCUT2D eigenvalue weighted by Crippen LogP contribution is -2.43. The maximum absolute atomic E-state index is 12.1. The fourth-order valence-electron chi connectivity index (χ4n) is 2.15. The molecule has 5 heteroatoms. The number of rotatable bonds is 3. The quantitative estimate of drug-likeness (QED) is 0.842. The molecule has 5 nitrogen and oxygen atoms in total. The van der Waals surface area contributed by atoms with E-state index in [1.54, 1.807) is 12.1 Å². The predicted octanol–water partition coefficient (Wildman–Crippen LogP) is 1.72. The highest BCUT2D eigenvalue weighted by Gasteiger charge is 2.26. The first-order valence-electron chi connectivity index (χ1n) is 6.73. The first-order valence-corrected chi connectivity index (χ1v) is 6.73. The SMILES string of the molecule is Nc1cccc(CNC(=O)C2COc3ccccc3O2)c1. The Hall–Kier alpha value is -2.69. The van der Waals surface area contributed by atoms with Crippen LogP contribution in [0.2, 0.25) is 0 Å². The Morgan fingerprint density at radius 1 is 1.19 bits per heavy atom. The third kappa shape index (κ3) is 3.08. The van der Waals surface area contributed by atoms with E-state index in [2.05, 4.69) is 5.32 Å².